The van der Waals surface area contributed by atoms with Crippen molar-refractivity contribution in [2.24, 2.45) is 0 Å². The summed E-state index contributed by atoms with van der Waals surface area (Å²) in [7, 11) is 0. The van der Waals surface area contributed by atoms with Crippen molar-refractivity contribution in [3.8, 4) is 0 Å². The van der Waals surface area contributed by atoms with Crippen LogP contribution in [0.15, 0.2) is 18.2 Å². The van der Waals surface area contributed by atoms with Gasteiger partial charge in [0.25, 0.3) is 5.91 Å². The molecule has 2 aliphatic rings. The fraction of sp³-hybridized carbons (Fsp3) is 0.471. The van der Waals surface area contributed by atoms with Gasteiger partial charge in [-0.15, -0.1) is 22.6 Å². The maximum Gasteiger partial charge on any atom is 0.255 e. The average molecular weight is 417 g/mol. The quantitative estimate of drug-likeness (QED) is 0.817. The van der Waals surface area contributed by atoms with E-state index in [2.05, 4.69) is 20.1 Å². The monoisotopic (exact) mass is 415 g/mol. The van der Waals surface area contributed by atoms with Crippen LogP contribution in [0.3, 0.4) is 0 Å². The van der Waals surface area contributed by atoms with Crippen LogP contribution in [0.4, 0.5) is 0 Å². The van der Waals surface area contributed by atoms with E-state index in [0.717, 1.165) is 44.1 Å². The first kappa shape index (κ1) is 19.4. The van der Waals surface area contributed by atoms with E-state index in [9.17, 15) is 4.79 Å². The molecular formula is C17H20Cl3N5O. The molecule has 9 heteroatoms. The second-order valence-corrected chi connectivity index (χ2v) is 7.26. The van der Waals surface area contributed by atoms with Gasteiger partial charge in [0.1, 0.15) is 11.6 Å². The standard InChI is InChI=1S/C17H19Cl2N5O.ClH/c18-13-3-1-2-12(15(13)19)17(25)23-7-4-11(5-8-23)16-22-21-14-10-20-6-9-24(14)16;/h1-3,11,20H,4-10H2;1H. The van der Waals surface area contributed by atoms with Gasteiger partial charge in [-0.25, -0.2) is 0 Å². The number of piperidine rings is 1. The Balaban J connectivity index is 0.00000196. The molecule has 1 amide bonds. The lowest BCUT2D eigenvalue weighted by molar-refractivity contribution is 0.0710. The van der Waals surface area contributed by atoms with Gasteiger partial charge in [0, 0.05) is 32.1 Å². The number of benzene rings is 1. The van der Waals surface area contributed by atoms with Crippen molar-refractivity contribution in [3.63, 3.8) is 0 Å². The number of aromatic nitrogens is 3. The van der Waals surface area contributed by atoms with E-state index >= 15 is 0 Å². The SMILES string of the molecule is Cl.O=C(c1cccc(Cl)c1Cl)N1CCC(c2nnc3n2CCNC3)CC1. The molecule has 6 nitrogen and oxygen atoms in total. The van der Waals surface area contributed by atoms with Crippen molar-refractivity contribution in [1.82, 2.24) is 25.0 Å². The Morgan fingerprint density at radius 3 is 2.69 bits per heavy atom. The fourth-order valence-corrected chi connectivity index (χ4v) is 3.98. The largest absolute Gasteiger partial charge is 0.339 e. The number of rotatable bonds is 2. The molecule has 0 bridgehead atoms. The summed E-state index contributed by atoms with van der Waals surface area (Å²) in [5.41, 5.74) is 0.471. The predicted octanol–water partition coefficient (Wildman–Crippen LogP) is 3.13. The lowest BCUT2D eigenvalue weighted by atomic mass is 9.95. The highest BCUT2D eigenvalue weighted by Crippen LogP contribution is 2.31. The lowest BCUT2D eigenvalue weighted by Crippen LogP contribution is -2.39. The summed E-state index contributed by atoms with van der Waals surface area (Å²) in [5, 5.41) is 12.7. The molecule has 1 saturated heterocycles. The number of hydrogen-bond donors (Lipinski definition) is 1. The van der Waals surface area contributed by atoms with E-state index in [1.807, 2.05) is 4.90 Å². The summed E-state index contributed by atoms with van der Waals surface area (Å²) < 4.78 is 2.23. The smallest absolute Gasteiger partial charge is 0.255 e. The van der Waals surface area contributed by atoms with Gasteiger partial charge in [-0.3, -0.25) is 4.79 Å². The van der Waals surface area contributed by atoms with Crippen molar-refractivity contribution < 1.29 is 4.79 Å². The predicted molar refractivity (Wildman–Crippen MR) is 103 cm³/mol. The molecule has 140 valence electrons. The van der Waals surface area contributed by atoms with Gasteiger partial charge < -0.3 is 14.8 Å². The summed E-state index contributed by atoms with van der Waals surface area (Å²) in [4.78, 5) is 14.6. The molecule has 4 rings (SSSR count). The molecule has 26 heavy (non-hydrogen) atoms. The van der Waals surface area contributed by atoms with Crippen LogP contribution in [0.1, 0.15) is 40.8 Å². The zero-order chi connectivity index (χ0) is 17.4. The number of nitrogens with zero attached hydrogens (tertiary/aromatic N) is 4. The van der Waals surface area contributed by atoms with Crippen molar-refractivity contribution in [3.05, 3.63) is 45.5 Å². The molecule has 2 aliphatic heterocycles. The van der Waals surface area contributed by atoms with Gasteiger partial charge in [0.2, 0.25) is 0 Å². The third-order valence-electron chi connectivity index (χ3n) is 4.98. The first-order chi connectivity index (χ1) is 12.1. The topological polar surface area (TPSA) is 63.1 Å². The minimum Gasteiger partial charge on any atom is -0.339 e. The molecule has 0 unspecified atom stereocenters. The van der Waals surface area contributed by atoms with Crippen molar-refractivity contribution >= 4 is 41.5 Å². The first-order valence-electron chi connectivity index (χ1n) is 8.51. The number of carbonyl (C=O) groups is 1. The van der Waals surface area contributed by atoms with E-state index in [-0.39, 0.29) is 18.3 Å². The van der Waals surface area contributed by atoms with Gasteiger partial charge in [-0.05, 0) is 25.0 Å². The van der Waals surface area contributed by atoms with Crippen molar-refractivity contribution in [1.29, 1.82) is 0 Å². The van der Waals surface area contributed by atoms with Crippen LogP contribution in [0.25, 0.3) is 0 Å². The maximum absolute atomic E-state index is 12.7. The van der Waals surface area contributed by atoms with Crippen LogP contribution in [0.2, 0.25) is 10.0 Å². The summed E-state index contributed by atoms with van der Waals surface area (Å²) in [6.07, 6.45) is 1.77. The Morgan fingerprint density at radius 1 is 1.15 bits per heavy atom. The Bertz CT molecular complexity index is 802. The molecule has 1 N–H and O–H groups in total. The molecular weight excluding hydrogens is 397 g/mol. The molecule has 1 aromatic carbocycles. The van der Waals surface area contributed by atoms with Crippen molar-refractivity contribution in [2.75, 3.05) is 19.6 Å². The third-order valence-corrected chi connectivity index (χ3v) is 5.80. The summed E-state index contributed by atoms with van der Waals surface area (Å²) >= 11 is 12.2. The van der Waals surface area contributed by atoms with E-state index in [1.54, 1.807) is 18.2 Å². The number of hydrogen-bond acceptors (Lipinski definition) is 4. The molecule has 0 spiro atoms. The highest BCUT2D eigenvalue weighted by atomic mass is 35.5. The Hall–Kier alpha value is -1.34. The molecule has 3 heterocycles. The summed E-state index contributed by atoms with van der Waals surface area (Å²) in [5.74, 6) is 2.35. The van der Waals surface area contributed by atoms with Crippen LogP contribution in [0.5, 0.6) is 0 Å². The van der Waals surface area contributed by atoms with Crippen LogP contribution >= 0.6 is 35.6 Å². The van der Waals surface area contributed by atoms with Gasteiger partial charge in [-0.2, -0.15) is 0 Å². The number of nitrogens with one attached hydrogen (secondary N) is 1. The highest BCUT2D eigenvalue weighted by molar-refractivity contribution is 6.43. The van der Waals surface area contributed by atoms with Crippen LogP contribution in [0, 0.1) is 0 Å². The van der Waals surface area contributed by atoms with Crippen LogP contribution < -0.4 is 5.32 Å². The van der Waals surface area contributed by atoms with E-state index in [1.165, 1.54) is 0 Å². The Morgan fingerprint density at radius 2 is 1.92 bits per heavy atom. The molecule has 0 atom stereocenters. The number of fused-ring (bicyclic) bond motifs is 1. The van der Waals surface area contributed by atoms with E-state index in [0.29, 0.717) is 34.6 Å². The first-order valence-corrected chi connectivity index (χ1v) is 9.26. The lowest BCUT2D eigenvalue weighted by Gasteiger charge is -2.32. The minimum atomic E-state index is -0.0570. The minimum absolute atomic E-state index is 0. The Labute approximate surface area is 168 Å². The molecule has 0 aliphatic carbocycles. The molecule has 0 saturated carbocycles. The van der Waals surface area contributed by atoms with Crippen LogP contribution in [-0.2, 0) is 13.1 Å². The average Bonchev–Trinajstić information content (AvgIpc) is 3.08. The second-order valence-electron chi connectivity index (χ2n) is 6.47. The molecule has 1 fully saturated rings. The Kier molecular flexibility index (Phi) is 6.07. The number of amides is 1. The molecule has 2 aromatic rings. The van der Waals surface area contributed by atoms with Gasteiger partial charge in [-0.1, -0.05) is 29.3 Å². The number of likely N-dealkylation sites (tertiary alicyclic amines) is 1. The molecule has 1 aromatic heterocycles. The maximum atomic E-state index is 12.7. The zero-order valence-electron chi connectivity index (χ0n) is 14.1. The summed E-state index contributed by atoms with van der Waals surface area (Å²) in [6.45, 7) is 4.01. The zero-order valence-corrected chi connectivity index (χ0v) is 16.4. The fourth-order valence-electron chi connectivity index (χ4n) is 3.60. The van der Waals surface area contributed by atoms with Gasteiger partial charge >= 0.3 is 0 Å². The highest BCUT2D eigenvalue weighted by Gasteiger charge is 2.29. The van der Waals surface area contributed by atoms with Gasteiger partial charge in [0.05, 0.1) is 22.2 Å². The summed E-state index contributed by atoms with van der Waals surface area (Å²) in [6, 6.07) is 5.17. The third kappa shape index (κ3) is 3.56. The number of halogens is 3. The van der Waals surface area contributed by atoms with E-state index < -0.39 is 0 Å². The van der Waals surface area contributed by atoms with E-state index in [4.69, 9.17) is 23.2 Å². The van der Waals surface area contributed by atoms with Gasteiger partial charge in [0.15, 0.2) is 0 Å². The molecule has 0 radical (unpaired) electrons. The normalized spacial score (nSPS) is 17.5. The number of carbonyl (C=O) groups excluding carboxylic acids is 1. The van der Waals surface area contributed by atoms with Crippen molar-refractivity contribution in [2.45, 2.75) is 31.8 Å². The second kappa shape index (κ2) is 8.13. The van der Waals surface area contributed by atoms with Crippen LogP contribution in [-0.4, -0.2) is 45.2 Å².